The molecular weight excluding hydrogens is 793 g/mol. The molecule has 4 heterocycles. The number of halogens is 2. The van der Waals surface area contributed by atoms with Crippen LogP contribution in [0.3, 0.4) is 0 Å². The van der Waals surface area contributed by atoms with Crippen LogP contribution in [0.25, 0.3) is 11.1 Å². The Labute approximate surface area is 355 Å². The van der Waals surface area contributed by atoms with Gasteiger partial charge in [0.2, 0.25) is 5.78 Å². The molecule has 1 fully saturated rings. The van der Waals surface area contributed by atoms with Crippen LogP contribution >= 0.6 is 23.2 Å². The number of aromatic nitrogens is 4. The summed E-state index contributed by atoms with van der Waals surface area (Å²) in [5, 5.41) is 3.66. The molecular formula is C44H53Cl2N7O6. The van der Waals surface area contributed by atoms with Gasteiger partial charge in [0.1, 0.15) is 5.60 Å². The van der Waals surface area contributed by atoms with Gasteiger partial charge in [0, 0.05) is 75.5 Å². The van der Waals surface area contributed by atoms with Crippen molar-refractivity contribution in [2.24, 2.45) is 25.9 Å². The number of hydrogen-bond donors (Lipinski definition) is 1. The number of amides is 2. The summed E-state index contributed by atoms with van der Waals surface area (Å²) in [6, 6.07) is 10.8. The Kier molecular flexibility index (Phi) is 12.6. The van der Waals surface area contributed by atoms with Crippen LogP contribution in [0.15, 0.2) is 36.4 Å². The van der Waals surface area contributed by atoms with Crippen molar-refractivity contribution >= 4 is 52.6 Å². The lowest BCUT2D eigenvalue weighted by Crippen LogP contribution is -2.40. The monoisotopic (exact) mass is 845 g/mol. The first-order chi connectivity index (χ1) is 28.1. The van der Waals surface area contributed by atoms with Crippen molar-refractivity contribution in [3.05, 3.63) is 86.4 Å². The highest BCUT2D eigenvalue weighted by atomic mass is 35.5. The van der Waals surface area contributed by atoms with Gasteiger partial charge < -0.3 is 28.8 Å². The maximum Gasteiger partial charge on any atom is 0.410 e. The first-order valence-electron chi connectivity index (χ1n) is 20.4. The number of hydrogen-bond acceptors (Lipinski definition) is 9. The van der Waals surface area contributed by atoms with E-state index in [9.17, 15) is 19.2 Å². The lowest BCUT2D eigenvalue weighted by molar-refractivity contribution is -0.146. The summed E-state index contributed by atoms with van der Waals surface area (Å²) in [5.41, 5.74) is 5.17. The number of anilines is 1. The predicted octanol–water partition coefficient (Wildman–Crippen LogP) is 7.83. The summed E-state index contributed by atoms with van der Waals surface area (Å²) < 4.78 is 14.2. The van der Waals surface area contributed by atoms with Crippen molar-refractivity contribution in [2.75, 3.05) is 32.1 Å². The minimum Gasteiger partial charge on any atom is -0.469 e. The Morgan fingerprint density at radius 3 is 2.15 bits per heavy atom. The number of fused-ring (bicyclic) bond motifs is 2. The zero-order valence-electron chi connectivity index (χ0n) is 34.7. The summed E-state index contributed by atoms with van der Waals surface area (Å²) >= 11 is 14.0. The number of ether oxygens (including phenoxy) is 2. The van der Waals surface area contributed by atoms with E-state index in [0.29, 0.717) is 75.2 Å². The van der Waals surface area contributed by atoms with Crippen LogP contribution in [0.2, 0.25) is 10.0 Å². The van der Waals surface area contributed by atoms with E-state index in [1.54, 1.807) is 23.1 Å². The molecule has 7 rings (SSSR count). The van der Waals surface area contributed by atoms with Gasteiger partial charge in [-0.3, -0.25) is 19.3 Å². The standard InChI is InChI=1S/C44H53Cl2N7O6/c1-44(2,3)59-43(57)53-22-19-35-33(25-53)47-39(50(35)4)36(54)23-28-9-7-10-29(37(28)45)30-11-8-12-31(38(30)46)49-41(55)40-48-32-24-52(21-18-34(32)51(40)5)20-17-26-13-15-27(16-14-26)42(56)58-6/h7-12,26-27H,13-25H2,1-6H3,(H,49,55). The smallest absolute Gasteiger partial charge is 0.410 e. The van der Waals surface area contributed by atoms with Crippen molar-refractivity contribution in [1.29, 1.82) is 0 Å². The van der Waals surface area contributed by atoms with E-state index in [1.165, 1.54) is 7.11 Å². The van der Waals surface area contributed by atoms with E-state index >= 15 is 0 Å². The number of Topliss-reactive ketones (excluding diaryl/α,β-unsaturated/α-hetero) is 1. The second-order valence-electron chi connectivity index (χ2n) is 17.0. The number of methoxy groups -OCH3 is 1. The SMILES string of the molecule is COC(=O)C1CCC(CCN2CCc3c(nc(C(=O)Nc4cccc(-c5cccc(CC(=O)c6nc7c(n6C)CCN(C(=O)OC(C)(C)C)C7)c5Cl)c4Cl)n3C)C2)CC1. The lowest BCUT2D eigenvalue weighted by atomic mass is 9.80. The Bertz CT molecular complexity index is 2270. The molecule has 1 saturated carbocycles. The predicted molar refractivity (Wildman–Crippen MR) is 226 cm³/mol. The molecule has 3 aliphatic rings. The zero-order valence-corrected chi connectivity index (χ0v) is 36.2. The second kappa shape index (κ2) is 17.5. The molecule has 314 valence electrons. The van der Waals surface area contributed by atoms with Gasteiger partial charge in [0.25, 0.3) is 5.91 Å². The molecule has 13 nitrogen and oxygen atoms in total. The molecule has 1 N–H and O–H groups in total. The Balaban J connectivity index is 0.997. The van der Waals surface area contributed by atoms with Crippen LogP contribution in [0.1, 0.15) is 102 Å². The number of esters is 1. The number of imidazole rings is 2. The van der Waals surface area contributed by atoms with Gasteiger partial charge in [-0.25, -0.2) is 14.8 Å². The quantitative estimate of drug-likeness (QED) is 0.125. The van der Waals surface area contributed by atoms with Crippen LogP contribution < -0.4 is 5.32 Å². The van der Waals surface area contributed by atoms with E-state index in [4.69, 9.17) is 37.7 Å². The highest BCUT2D eigenvalue weighted by molar-refractivity contribution is 6.39. The lowest BCUT2D eigenvalue weighted by Gasteiger charge is -2.31. The molecule has 0 saturated heterocycles. The van der Waals surface area contributed by atoms with E-state index in [2.05, 4.69) is 15.2 Å². The maximum absolute atomic E-state index is 13.7. The molecule has 59 heavy (non-hydrogen) atoms. The summed E-state index contributed by atoms with van der Waals surface area (Å²) in [7, 11) is 5.16. The number of carbonyl (C=O) groups is 4. The molecule has 0 unspecified atom stereocenters. The van der Waals surface area contributed by atoms with Crippen LogP contribution in [0, 0.1) is 11.8 Å². The first kappa shape index (κ1) is 42.4. The minimum atomic E-state index is -0.615. The molecule has 0 spiro atoms. The molecule has 4 aromatic rings. The molecule has 2 aromatic carbocycles. The number of rotatable bonds is 10. The van der Waals surface area contributed by atoms with Gasteiger partial charge in [0.15, 0.2) is 11.6 Å². The Morgan fingerprint density at radius 1 is 0.831 bits per heavy atom. The highest BCUT2D eigenvalue weighted by Gasteiger charge is 2.32. The molecule has 2 amide bonds. The van der Waals surface area contributed by atoms with Crippen molar-refractivity contribution in [3.8, 4) is 11.1 Å². The topological polar surface area (TPSA) is 141 Å². The van der Waals surface area contributed by atoms with E-state index in [1.807, 2.05) is 62.2 Å². The fourth-order valence-electron chi connectivity index (χ4n) is 8.65. The van der Waals surface area contributed by atoms with Crippen molar-refractivity contribution in [2.45, 2.75) is 90.8 Å². The minimum absolute atomic E-state index is 0.000462. The van der Waals surface area contributed by atoms with Crippen LogP contribution in [0.4, 0.5) is 10.5 Å². The third kappa shape index (κ3) is 9.22. The normalized spacial score (nSPS) is 18.2. The third-order valence-corrected chi connectivity index (χ3v) is 12.7. The van der Waals surface area contributed by atoms with Crippen molar-refractivity contribution in [1.82, 2.24) is 28.9 Å². The zero-order chi connectivity index (χ0) is 42.2. The van der Waals surface area contributed by atoms with E-state index in [-0.39, 0.29) is 36.5 Å². The molecule has 2 aliphatic heterocycles. The molecule has 0 atom stereocenters. The number of nitrogens with one attached hydrogen (secondary N) is 1. The Hall–Kier alpha value is -4.72. The number of carbonyl (C=O) groups excluding carboxylic acids is 4. The number of nitrogens with zero attached hydrogens (tertiary/aromatic N) is 6. The van der Waals surface area contributed by atoms with Gasteiger partial charge in [-0.15, -0.1) is 0 Å². The van der Waals surface area contributed by atoms with Crippen molar-refractivity contribution in [3.63, 3.8) is 0 Å². The average molecular weight is 847 g/mol. The summed E-state index contributed by atoms with van der Waals surface area (Å²) in [4.78, 5) is 65.6. The van der Waals surface area contributed by atoms with Crippen molar-refractivity contribution < 1.29 is 28.7 Å². The molecule has 1 aliphatic carbocycles. The van der Waals surface area contributed by atoms with Crippen LogP contribution in [-0.2, 0) is 60.7 Å². The van der Waals surface area contributed by atoms with Gasteiger partial charge >= 0.3 is 12.1 Å². The van der Waals surface area contributed by atoms with Crippen LogP contribution in [0.5, 0.6) is 0 Å². The molecule has 0 bridgehead atoms. The molecule has 15 heteroatoms. The summed E-state index contributed by atoms with van der Waals surface area (Å²) in [5.74, 6) is 0.570. The number of benzene rings is 2. The second-order valence-corrected chi connectivity index (χ2v) is 17.7. The van der Waals surface area contributed by atoms with E-state index < -0.39 is 11.7 Å². The largest absolute Gasteiger partial charge is 0.469 e. The fourth-order valence-corrected chi connectivity index (χ4v) is 9.22. The molecule has 2 aromatic heterocycles. The third-order valence-electron chi connectivity index (χ3n) is 11.9. The summed E-state index contributed by atoms with van der Waals surface area (Å²) in [6.45, 7) is 8.73. The maximum atomic E-state index is 13.7. The molecule has 0 radical (unpaired) electrons. The average Bonchev–Trinajstić information content (AvgIpc) is 3.73. The fraction of sp³-hybridized carbons (Fsp3) is 0.500. The van der Waals surface area contributed by atoms with Gasteiger partial charge in [-0.1, -0.05) is 53.5 Å². The van der Waals surface area contributed by atoms with Gasteiger partial charge in [-0.2, -0.15) is 0 Å². The van der Waals surface area contributed by atoms with Crippen LogP contribution in [-0.4, -0.2) is 85.0 Å². The summed E-state index contributed by atoms with van der Waals surface area (Å²) in [6.07, 6.45) is 5.88. The Morgan fingerprint density at radius 2 is 1.46 bits per heavy atom. The van der Waals surface area contributed by atoms with E-state index in [0.717, 1.165) is 68.7 Å². The number of ketones is 1. The highest BCUT2D eigenvalue weighted by Crippen LogP contribution is 2.39. The first-order valence-corrected chi connectivity index (χ1v) is 21.1. The van der Waals surface area contributed by atoms with Gasteiger partial charge in [-0.05, 0) is 77.0 Å². The van der Waals surface area contributed by atoms with Gasteiger partial charge in [0.05, 0.1) is 46.7 Å².